The number of rotatable bonds is 2. The summed E-state index contributed by atoms with van der Waals surface area (Å²) in [5.41, 5.74) is 0. The second kappa shape index (κ2) is 3.73. The van der Waals surface area contributed by atoms with Gasteiger partial charge in [0.2, 0.25) is 0 Å². The second-order valence-electron chi connectivity index (χ2n) is 3.27. The minimum absolute atomic E-state index is 0.00308. The smallest absolute Gasteiger partial charge is 0.281 e. The molecule has 1 rings (SSSR count). The molecule has 1 aliphatic heterocycles. The lowest BCUT2D eigenvalue weighted by molar-refractivity contribution is -0.120. The van der Waals surface area contributed by atoms with Crippen LogP contribution in [0.3, 0.4) is 0 Å². The van der Waals surface area contributed by atoms with Crippen molar-refractivity contribution in [1.82, 2.24) is 8.61 Å². The maximum atomic E-state index is 11.5. The molecule has 0 aromatic carbocycles. The summed E-state index contributed by atoms with van der Waals surface area (Å²) in [6.45, 7) is 0.479. The minimum Gasteiger partial charge on any atom is -0.298 e. The monoisotopic (exact) mass is 206 g/mol. The third kappa shape index (κ3) is 2.26. The van der Waals surface area contributed by atoms with Crippen LogP contribution in [-0.4, -0.2) is 50.0 Å². The Morgan fingerprint density at radius 3 is 2.46 bits per heavy atom. The van der Waals surface area contributed by atoms with E-state index in [1.807, 2.05) is 0 Å². The zero-order valence-corrected chi connectivity index (χ0v) is 8.67. The van der Waals surface area contributed by atoms with Crippen LogP contribution in [0.4, 0.5) is 0 Å². The third-order valence-corrected chi connectivity index (χ3v) is 3.89. The number of Topliss-reactive ketones (excluding diaryl/α,β-unsaturated/α-hetero) is 1. The Bertz CT molecular complexity index is 297. The number of nitrogens with zero attached hydrogens (tertiary/aromatic N) is 2. The quantitative estimate of drug-likeness (QED) is 0.609. The summed E-state index contributed by atoms with van der Waals surface area (Å²) in [5, 5.41) is 0. The van der Waals surface area contributed by atoms with E-state index < -0.39 is 10.2 Å². The molecule has 1 heterocycles. The molecule has 76 valence electrons. The Morgan fingerprint density at radius 2 is 2.00 bits per heavy atom. The zero-order chi connectivity index (χ0) is 10.1. The van der Waals surface area contributed by atoms with Crippen molar-refractivity contribution in [2.45, 2.75) is 12.8 Å². The summed E-state index contributed by atoms with van der Waals surface area (Å²) in [5.74, 6) is -0.00308. The van der Waals surface area contributed by atoms with Gasteiger partial charge in [-0.15, -0.1) is 0 Å². The van der Waals surface area contributed by atoms with E-state index in [-0.39, 0.29) is 12.3 Å². The maximum absolute atomic E-state index is 11.5. The lowest BCUT2D eigenvalue weighted by Gasteiger charge is -2.27. The molecule has 1 saturated heterocycles. The van der Waals surface area contributed by atoms with Gasteiger partial charge < -0.3 is 0 Å². The highest BCUT2D eigenvalue weighted by Crippen LogP contribution is 2.11. The summed E-state index contributed by atoms with van der Waals surface area (Å²) >= 11 is 0. The predicted octanol–water partition coefficient (Wildman–Crippen LogP) is -0.542. The summed E-state index contributed by atoms with van der Waals surface area (Å²) in [4.78, 5) is 11.0. The lowest BCUT2D eigenvalue weighted by atomic mass is 10.1. The molecular formula is C7H14N2O3S. The first-order valence-corrected chi connectivity index (χ1v) is 5.53. The van der Waals surface area contributed by atoms with Gasteiger partial charge in [0.1, 0.15) is 5.78 Å². The van der Waals surface area contributed by atoms with Crippen molar-refractivity contribution in [3.8, 4) is 0 Å². The minimum atomic E-state index is -3.39. The normalized spacial score (nSPS) is 21.0. The molecule has 13 heavy (non-hydrogen) atoms. The molecule has 0 aliphatic carbocycles. The van der Waals surface area contributed by atoms with E-state index in [0.29, 0.717) is 19.4 Å². The highest BCUT2D eigenvalue weighted by atomic mass is 32.2. The van der Waals surface area contributed by atoms with E-state index in [1.165, 1.54) is 18.4 Å². The van der Waals surface area contributed by atoms with Gasteiger partial charge in [-0.1, -0.05) is 0 Å². The lowest BCUT2D eigenvalue weighted by Crippen LogP contribution is -2.45. The van der Waals surface area contributed by atoms with Gasteiger partial charge in [-0.05, 0) is 6.42 Å². The van der Waals surface area contributed by atoms with Gasteiger partial charge in [0.25, 0.3) is 10.2 Å². The van der Waals surface area contributed by atoms with Crippen LogP contribution in [0.25, 0.3) is 0 Å². The fraction of sp³-hybridized carbons (Fsp3) is 0.857. The van der Waals surface area contributed by atoms with Crippen molar-refractivity contribution in [2.75, 3.05) is 27.2 Å². The molecule has 1 aliphatic rings. The molecule has 0 aromatic rings. The van der Waals surface area contributed by atoms with Crippen molar-refractivity contribution < 1.29 is 13.2 Å². The fourth-order valence-electron chi connectivity index (χ4n) is 1.24. The Hall–Kier alpha value is -0.460. The molecule has 0 amide bonds. The summed E-state index contributed by atoms with van der Waals surface area (Å²) in [7, 11) is -0.454. The van der Waals surface area contributed by atoms with Crippen molar-refractivity contribution in [3.05, 3.63) is 0 Å². The molecular weight excluding hydrogens is 192 g/mol. The highest BCUT2D eigenvalue weighted by molar-refractivity contribution is 7.86. The molecule has 0 bridgehead atoms. The van der Waals surface area contributed by atoms with Crippen molar-refractivity contribution in [3.63, 3.8) is 0 Å². The number of hydrogen-bond donors (Lipinski definition) is 0. The third-order valence-electron chi connectivity index (χ3n) is 2.00. The number of ketones is 1. The van der Waals surface area contributed by atoms with Crippen LogP contribution in [0.15, 0.2) is 0 Å². The van der Waals surface area contributed by atoms with Gasteiger partial charge in [-0.2, -0.15) is 17.0 Å². The number of carbonyl (C=O) groups excluding carboxylic acids is 1. The molecule has 5 nitrogen and oxygen atoms in total. The predicted molar refractivity (Wildman–Crippen MR) is 48.4 cm³/mol. The molecule has 0 aromatic heterocycles. The maximum Gasteiger partial charge on any atom is 0.281 e. The Morgan fingerprint density at radius 1 is 1.38 bits per heavy atom. The van der Waals surface area contributed by atoms with Crippen molar-refractivity contribution in [1.29, 1.82) is 0 Å². The van der Waals surface area contributed by atoms with Crippen molar-refractivity contribution in [2.24, 2.45) is 0 Å². The molecule has 6 heteroatoms. The summed E-state index contributed by atoms with van der Waals surface area (Å²) < 4.78 is 25.4. The summed E-state index contributed by atoms with van der Waals surface area (Å²) in [6.07, 6.45) is 1.13. The van der Waals surface area contributed by atoms with Gasteiger partial charge in [0.05, 0.1) is 6.54 Å². The largest absolute Gasteiger partial charge is 0.298 e. The molecule has 0 N–H and O–H groups in total. The number of hydrogen-bond acceptors (Lipinski definition) is 3. The molecule has 0 atom stereocenters. The Balaban J connectivity index is 2.77. The standard InChI is InChI=1S/C7H14N2O3S/c1-8(2)13(11,12)9-5-3-4-7(10)6-9/h3-6H2,1-2H3. The Kier molecular flexibility index (Phi) is 3.05. The van der Waals surface area contributed by atoms with Crippen LogP contribution in [0.2, 0.25) is 0 Å². The van der Waals surface area contributed by atoms with Gasteiger partial charge in [0, 0.05) is 27.1 Å². The number of carbonyl (C=O) groups is 1. The molecule has 0 radical (unpaired) electrons. The van der Waals surface area contributed by atoms with E-state index in [0.717, 1.165) is 4.31 Å². The van der Waals surface area contributed by atoms with Gasteiger partial charge >= 0.3 is 0 Å². The van der Waals surface area contributed by atoms with E-state index in [9.17, 15) is 13.2 Å². The average Bonchev–Trinajstić information content (AvgIpc) is 2.04. The van der Waals surface area contributed by atoms with Gasteiger partial charge in [-0.25, -0.2) is 0 Å². The first-order chi connectivity index (χ1) is 5.94. The van der Waals surface area contributed by atoms with Gasteiger partial charge in [0.15, 0.2) is 0 Å². The van der Waals surface area contributed by atoms with Crippen LogP contribution < -0.4 is 0 Å². The van der Waals surface area contributed by atoms with E-state index in [2.05, 4.69) is 0 Å². The molecule has 0 spiro atoms. The topological polar surface area (TPSA) is 57.7 Å². The number of piperidine rings is 1. The van der Waals surface area contributed by atoms with Gasteiger partial charge in [-0.3, -0.25) is 4.79 Å². The fourth-order valence-corrected chi connectivity index (χ4v) is 2.36. The first kappa shape index (κ1) is 10.6. The van der Waals surface area contributed by atoms with Crippen LogP contribution >= 0.6 is 0 Å². The van der Waals surface area contributed by atoms with Crippen LogP contribution in [-0.2, 0) is 15.0 Å². The molecule has 0 unspecified atom stereocenters. The van der Waals surface area contributed by atoms with Crippen LogP contribution in [0.5, 0.6) is 0 Å². The molecule has 0 saturated carbocycles. The van der Waals surface area contributed by atoms with E-state index in [1.54, 1.807) is 0 Å². The van der Waals surface area contributed by atoms with Crippen LogP contribution in [0.1, 0.15) is 12.8 Å². The van der Waals surface area contributed by atoms with E-state index >= 15 is 0 Å². The SMILES string of the molecule is CN(C)S(=O)(=O)N1CCCC(=O)C1. The highest BCUT2D eigenvalue weighted by Gasteiger charge is 2.28. The average molecular weight is 206 g/mol. The van der Waals surface area contributed by atoms with Crippen LogP contribution in [0, 0.1) is 0 Å². The van der Waals surface area contributed by atoms with E-state index in [4.69, 9.17) is 0 Å². The first-order valence-electron chi connectivity index (χ1n) is 4.14. The summed E-state index contributed by atoms with van der Waals surface area (Å²) in [6, 6.07) is 0. The van der Waals surface area contributed by atoms with Crippen molar-refractivity contribution >= 4 is 16.0 Å². The zero-order valence-electron chi connectivity index (χ0n) is 7.86. The molecule has 1 fully saturated rings. The second-order valence-corrected chi connectivity index (χ2v) is 5.41. The Labute approximate surface area is 78.5 Å².